The maximum absolute atomic E-state index is 12.5. The molecular weight excluding hydrogens is 1560 g/mol. The van der Waals surface area contributed by atoms with Crippen LogP contribution in [0.5, 0.6) is 0 Å². The topological polar surface area (TPSA) is 524 Å². The number of imide groups is 1. The molecule has 7 aliphatic heterocycles. The summed E-state index contributed by atoms with van der Waals surface area (Å²) in [5, 5.41) is 62.3. The minimum atomic E-state index is -2.20. The fraction of sp³-hybridized carbons (Fsp3) is 0.753. The van der Waals surface area contributed by atoms with Crippen molar-refractivity contribution in [1.82, 2.24) is 35.6 Å². The van der Waals surface area contributed by atoms with Gasteiger partial charge in [0.05, 0.1) is 6.04 Å². The number of ether oxygens (including phenoxy) is 4. The first-order valence-corrected chi connectivity index (χ1v) is 43.0. The first-order chi connectivity index (χ1) is 53.8. The number of halogens is 1. The van der Waals surface area contributed by atoms with Gasteiger partial charge in [0.1, 0.15) is 64.4 Å². The Kier molecular flexibility index (Phi) is 49.4. The van der Waals surface area contributed by atoms with Crippen molar-refractivity contribution in [3.05, 3.63) is 36.5 Å². The Hall–Kier alpha value is -7.80. The predicted octanol–water partition coefficient (Wildman–Crippen LogP) is 9.04. The van der Waals surface area contributed by atoms with Crippen LogP contribution in [0, 0.1) is 17.8 Å². The number of Topliss-reactive ketones (excluding diaryl/α,β-unsaturated/α-hetero) is 2. The van der Waals surface area contributed by atoms with Crippen molar-refractivity contribution in [2.75, 3.05) is 70.7 Å². The van der Waals surface area contributed by atoms with E-state index in [4.69, 9.17) is 78.4 Å². The molecule has 7 fully saturated rings. The molecule has 0 aromatic rings. The summed E-state index contributed by atoms with van der Waals surface area (Å²) in [5.41, 5.74) is 16.7. The average molecular weight is 1710 g/mol. The van der Waals surface area contributed by atoms with E-state index in [1.165, 1.54) is 23.8 Å². The number of aliphatic carboxylic acids is 6. The van der Waals surface area contributed by atoms with Crippen LogP contribution < -0.4 is 33.2 Å². The van der Waals surface area contributed by atoms with Crippen LogP contribution in [0.4, 0.5) is 19.2 Å². The number of allylic oxidation sites excluding steroid dienone is 1. The average Bonchev–Trinajstić information content (AvgIpc) is 1.73. The molecule has 7 rings (SSSR count). The van der Waals surface area contributed by atoms with Gasteiger partial charge >= 0.3 is 60.2 Å². The van der Waals surface area contributed by atoms with Gasteiger partial charge in [0, 0.05) is 88.3 Å². The molecule has 0 unspecified atom stereocenters. The number of nitrogens with one attached hydrogen (secondary N) is 3. The van der Waals surface area contributed by atoms with Crippen molar-refractivity contribution in [3.8, 4) is 0 Å². The van der Waals surface area contributed by atoms with Crippen molar-refractivity contribution in [3.63, 3.8) is 0 Å². The van der Waals surface area contributed by atoms with Gasteiger partial charge in [0.15, 0.2) is 5.78 Å². The lowest BCUT2D eigenvalue weighted by molar-refractivity contribution is -0.145. The summed E-state index contributed by atoms with van der Waals surface area (Å²) in [5.74, 6) is -4.03. The Morgan fingerprint density at radius 3 is 1.31 bits per heavy atom. The van der Waals surface area contributed by atoms with E-state index in [0.29, 0.717) is 86.6 Å². The third-order valence-corrected chi connectivity index (χ3v) is 20.0. The van der Waals surface area contributed by atoms with E-state index in [1.54, 1.807) is 51.3 Å². The van der Waals surface area contributed by atoms with Crippen LogP contribution >= 0.6 is 11.6 Å². The second kappa shape index (κ2) is 53.0. The van der Waals surface area contributed by atoms with E-state index in [1.807, 2.05) is 41.5 Å². The third-order valence-electron chi connectivity index (χ3n) is 18.8. The molecular formula is C81H141ClN10O24S. The second-order valence-corrected chi connectivity index (χ2v) is 37.7. The van der Waals surface area contributed by atoms with E-state index in [-0.39, 0.29) is 74.4 Å². The van der Waals surface area contributed by atoms with E-state index < -0.39 is 110 Å². The van der Waals surface area contributed by atoms with Crippen LogP contribution in [0.2, 0.25) is 0 Å². The van der Waals surface area contributed by atoms with E-state index in [2.05, 4.69) is 49.5 Å². The maximum atomic E-state index is 12.5. The molecule has 7 saturated heterocycles. The quantitative estimate of drug-likeness (QED) is 0.0248. The van der Waals surface area contributed by atoms with Gasteiger partial charge in [-0.2, -0.15) is 0 Å². The smallest absolute Gasteiger partial charge is 0.417 e. The number of carboxylic acid groups (broad SMARTS) is 6. The Balaban J connectivity index is 0.00000134. The summed E-state index contributed by atoms with van der Waals surface area (Å²) < 4.78 is 32.0. The number of likely N-dealkylation sites (tertiary alicyclic amines) is 4. The summed E-state index contributed by atoms with van der Waals surface area (Å²) in [6, 6.07) is -4.08. The van der Waals surface area contributed by atoms with Gasteiger partial charge in [-0.25, -0.2) is 33.7 Å². The van der Waals surface area contributed by atoms with Crippen LogP contribution in [-0.2, 0) is 71.6 Å². The fourth-order valence-electron chi connectivity index (χ4n) is 12.0. The highest BCUT2D eigenvalue weighted by Crippen LogP contribution is 2.28. The van der Waals surface area contributed by atoms with E-state index in [9.17, 15) is 66.5 Å². The first kappa shape index (κ1) is 109. The molecule has 36 heteroatoms. The highest BCUT2D eigenvalue weighted by Gasteiger charge is 2.43. The molecule has 34 nitrogen and oxygen atoms in total. The van der Waals surface area contributed by atoms with Crippen molar-refractivity contribution in [2.24, 2.45) is 35.0 Å². The fourth-order valence-corrected chi connectivity index (χ4v) is 12.9. The van der Waals surface area contributed by atoms with Crippen LogP contribution in [0.3, 0.4) is 0 Å². The minimum absolute atomic E-state index is 0.0200. The SMILES string of the molecule is C=C(CCl)CC[C@H](N)C(=O)O.C=C1CC[C@@H](C(=O)O)N(C(=O)OC(C)(C)C)C1.C=C1CC[C@@H](C(=O)O)NC1.CC(C)(C)OC(=O)N1C(=O)CC[C@H]1C(=O)O.CC(C)(C)OC(=O)N1CCC(N)CC1.CC[C@@H]1CC[C@@H](C(=O)CC2CCN(C(=O)OC(C)(C)C)CC2)NC1.CC[C@@H]1CC[C@@H](C(=O)O)NC1.CS(C)(=O)=CC(=O)CC[C@H](N)C(=O)O. The highest BCUT2D eigenvalue weighted by atomic mass is 35.5. The van der Waals surface area contributed by atoms with Gasteiger partial charge in [-0.05, 0) is 226 Å². The zero-order chi connectivity index (χ0) is 90.3. The lowest BCUT2D eigenvalue weighted by Gasteiger charge is -2.35. The molecule has 15 N–H and O–H groups in total. The third kappa shape index (κ3) is 49.4. The van der Waals surface area contributed by atoms with Gasteiger partial charge in [-0.15, -0.1) is 11.6 Å². The summed E-state index contributed by atoms with van der Waals surface area (Å²) in [4.78, 5) is 151. The Labute approximate surface area is 697 Å². The maximum Gasteiger partial charge on any atom is 0.417 e. The molecule has 0 bridgehead atoms. The van der Waals surface area contributed by atoms with Gasteiger partial charge in [0.2, 0.25) is 5.91 Å². The molecule has 117 heavy (non-hydrogen) atoms. The highest BCUT2D eigenvalue weighted by molar-refractivity contribution is 8.01. The largest absolute Gasteiger partial charge is 0.480 e. The summed E-state index contributed by atoms with van der Waals surface area (Å²) in [6.45, 7) is 42.6. The number of piperidine rings is 6. The number of carboxylic acids is 6. The summed E-state index contributed by atoms with van der Waals surface area (Å²) >= 11 is 5.43. The number of alkyl halides is 1. The molecule has 7 heterocycles. The molecule has 9 atom stereocenters. The molecule has 0 spiro atoms. The Morgan fingerprint density at radius 1 is 0.530 bits per heavy atom. The molecule has 672 valence electrons. The normalized spacial score (nSPS) is 21.7. The van der Waals surface area contributed by atoms with Crippen molar-refractivity contribution < 1.29 is 116 Å². The van der Waals surface area contributed by atoms with Gasteiger partial charge in [-0.1, -0.05) is 63.1 Å². The molecule has 0 radical (unpaired) electrons. The van der Waals surface area contributed by atoms with E-state index in [0.717, 1.165) is 118 Å². The van der Waals surface area contributed by atoms with Gasteiger partial charge in [-0.3, -0.25) is 42.7 Å². The molecule has 0 saturated carbocycles. The van der Waals surface area contributed by atoms with Crippen molar-refractivity contribution in [2.45, 2.75) is 303 Å². The Morgan fingerprint density at radius 2 is 0.932 bits per heavy atom. The van der Waals surface area contributed by atoms with Crippen molar-refractivity contribution >= 4 is 104 Å². The number of hydrogen-bond donors (Lipinski definition) is 12. The number of amides is 5. The number of rotatable bonds is 19. The zero-order valence-corrected chi connectivity index (χ0v) is 73.7. The molecule has 0 aliphatic carbocycles. The summed E-state index contributed by atoms with van der Waals surface area (Å²) in [6.07, 6.45) is 15.3. The molecule has 0 aromatic heterocycles. The standard InChI is InChI=1S/C19H34N2O3.C12H19NO4.C10H20N2O2.C10H15NO5.C8H15NO4S.C8H15NO2.C7H12ClNO2.C7H11NO2/c1-5-14-6-7-16(20-13-14)17(22)12-15-8-10-21(11-9-15)18(23)24-19(2,3)4;1-8-5-6-9(10(14)15)13(7-8)11(16)17-12(2,3)4;1-10(2,3)14-9(13)12-6-4-8(11)5-7-12;1-10(2,3)16-9(15)11-6(8(13)14)4-5-7(11)12;1-14(2,13)5-6(10)3-4-7(9)8(11)12;1-2-6-3-4-7(8(10)11)9-5-6;1-5(4-8)2-3-6(9)7(10)11;1-5-2-3-6(7(9)10)8-4-5/h14-16,20H,5-13H2,1-4H3;9H,1,5-7H2,2-4H3,(H,14,15);8H,4-7,11H2,1-3H3;6H,4-5H2,1-3H3,(H,13,14);5,7H,3-4,9H2,1-2H3,(H,11,12);6-7,9H,2-5H2,1H3,(H,10,11);6H,1-4,9H2,(H,10,11);6,8H,1-4H2,(H,9,10)/t14-,16+;9-;;6-;7-;6-,7+;2*6-/m10.00100/s1. The second-order valence-electron chi connectivity index (χ2n) is 34.5. The first-order valence-electron chi connectivity index (χ1n) is 40.1. The van der Waals surface area contributed by atoms with Crippen molar-refractivity contribution in [1.29, 1.82) is 0 Å². The zero-order valence-electron chi connectivity index (χ0n) is 72.1. The lowest BCUT2D eigenvalue weighted by Crippen LogP contribution is -2.50. The molecule has 7 aliphatic rings. The van der Waals surface area contributed by atoms with E-state index >= 15 is 0 Å². The number of carbonyl (C=O) groups is 13. The predicted molar refractivity (Wildman–Crippen MR) is 447 cm³/mol. The monoisotopic (exact) mass is 1700 g/mol. The van der Waals surface area contributed by atoms with Crippen LogP contribution in [-0.4, -0.2) is 279 Å². The van der Waals surface area contributed by atoms with Crippen LogP contribution in [0.1, 0.15) is 232 Å². The van der Waals surface area contributed by atoms with Gasteiger partial charge in [0.25, 0.3) is 0 Å². The molecule has 0 aromatic carbocycles. The summed E-state index contributed by atoms with van der Waals surface area (Å²) in [7, 11) is -2.20. The Bertz CT molecular complexity index is 3380. The number of nitrogens with zero attached hydrogens (tertiary/aromatic N) is 4. The lowest BCUT2D eigenvalue weighted by atomic mass is 9.86. The number of nitrogens with two attached hydrogens (primary N) is 3. The number of carbonyl (C=O) groups excluding carboxylic acids is 7. The van der Waals surface area contributed by atoms with Crippen LogP contribution in [0.25, 0.3) is 0 Å². The molecule has 5 amide bonds. The number of hydrogen-bond acceptors (Lipinski definition) is 24. The minimum Gasteiger partial charge on any atom is -0.480 e. The number of ketones is 2. The van der Waals surface area contributed by atoms with Gasteiger partial charge < -0.3 is 92.5 Å². The van der Waals surface area contributed by atoms with Crippen LogP contribution in [0.15, 0.2) is 36.5 Å².